The summed E-state index contributed by atoms with van der Waals surface area (Å²) in [6, 6.07) is 9.72. The van der Waals surface area contributed by atoms with E-state index in [0.717, 1.165) is 52.3 Å². The van der Waals surface area contributed by atoms with Crippen molar-refractivity contribution in [3.05, 3.63) is 42.9 Å². The first-order valence-corrected chi connectivity index (χ1v) is 11.3. The lowest BCUT2D eigenvalue weighted by molar-refractivity contribution is 0.412. The molecule has 0 saturated heterocycles. The zero-order valence-electron chi connectivity index (χ0n) is 18.8. The molecule has 0 aliphatic rings. The van der Waals surface area contributed by atoms with Crippen LogP contribution >= 0.6 is 11.8 Å². The van der Waals surface area contributed by atoms with E-state index in [1.165, 1.54) is 18.1 Å². The third-order valence-electron chi connectivity index (χ3n) is 4.92. The quantitative estimate of drug-likeness (QED) is 0.374. The summed E-state index contributed by atoms with van der Waals surface area (Å²) in [5.74, 6) is 1.92. The lowest BCUT2D eigenvalue weighted by Crippen LogP contribution is -2.36. The van der Waals surface area contributed by atoms with Crippen LogP contribution in [0.1, 0.15) is 27.2 Å². The van der Waals surface area contributed by atoms with E-state index in [2.05, 4.69) is 40.6 Å². The fourth-order valence-corrected chi connectivity index (χ4v) is 4.44. The van der Waals surface area contributed by atoms with E-state index in [1.54, 1.807) is 13.4 Å². The lowest BCUT2D eigenvalue weighted by Gasteiger charge is -2.20. The highest BCUT2D eigenvalue weighted by molar-refractivity contribution is 7.99. The minimum atomic E-state index is 0.0692. The number of nitrogens with one attached hydrogen (secondary N) is 1. The minimum absolute atomic E-state index is 0.0692. The molecule has 3 aromatic heterocycles. The molecule has 0 aliphatic carbocycles. The Morgan fingerprint density at radius 2 is 2.06 bits per heavy atom. The van der Waals surface area contributed by atoms with Crippen molar-refractivity contribution in [1.29, 1.82) is 0 Å². The van der Waals surface area contributed by atoms with Crippen LogP contribution in [0.2, 0.25) is 0 Å². The molecule has 0 aliphatic heterocycles. The molecule has 0 saturated carbocycles. The number of ether oxygens (including phenoxy) is 1. The smallest absolute Gasteiger partial charge is 0.175 e. The van der Waals surface area contributed by atoms with E-state index in [0.29, 0.717) is 11.3 Å². The molecular formula is C23H28N6O2S. The van der Waals surface area contributed by atoms with E-state index in [-0.39, 0.29) is 5.54 Å². The first-order chi connectivity index (χ1) is 15.4. The summed E-state index contributed by atoms with van der Waals surface area (Å²) < 4.78 is 13.2. The molecule has 0 bridgehead atoms. The van der Waals surface area contributed by atoms with Gasteiger partial charge in [-0.2, -0.15) is 0 Å². The van der Waals surface area contributed by atoms with Gasteiger partial charge in [-0.1, -0.05) is 11.8 Å². The number of furan rings is 1. The van der Waals surface area contributed by atoms with Crippen molar-refractivity contribution in [2.45, 2.75) is 49.3 Å². The molecule has 8 nitrogen and oxygen atoms in total. The van der Waals surface area contributed by atoms with Gasteiger partial charge in [-0.05, 0) is 64.1 Å². The predicted molar refractivity (Wildman–Crippen MR) is 127 cm³/mol. The minimum Gasteiger partial charge on any atom is -0.497 e. The normalized spacial score (nSPS) is 11.9. The number of fused-ring (bicyclic) bond motifs is 1. The zero-order valence-corrected chi connectivity index (χ0v) is 19.6. The van der Waals surface area contributed by atoms with Crippen molar-refractivity contribution < 1.29 is 9.15 Å². The number of hydrogen-bond donors (Lipinski definition) is 2. The fraction of sp³-hybridized carbons (Fsp3) is 0.348. The number of imidazole rings is 1. The Kier molecular flexibility index (Phi) is 6.38. The van der Waals surface area contributed by atoms with Crippen LogP contribution < -0.4 is 15.8 Å². The maximum Gasteiger partial charge on any atom is 0.175 e. The van der Waals surface area contributed by atoms with Crippen LogP contribution in [0.15, 0.2) is 57.4 Å². The summed E-state index contributed by atoms with van der Waals surface area (Å²) in [5.41, 5.74) is 8.49. The number of nitrogens with two attached hydrogens (primary N) is 1. The Morgan fingerprint density at radius 3 is 2.78 bits per heavy atom. The molecule has 0 atom stereocenters. The van der Waals surface area contributed by atoms with Gasteiger partial charge < -0.3 is 24.8 Å². The number of rotatable bonds is 8. The van der Waals surface area contributed by atoms with E-state index in [4.69, 9.17) is 19.9 Å². The van der Waals surface area contributed by atoms with E-state index < -0.39 is 0 Å². The van der Waals surface area contributed by atoms with E-state index in [9.17, 15) is 0 Å². The molecule has 3 heterocycles. The Balaban J connectivity index is 1.71. The van der Waals surface area contributed by atoms with Gasteiger partial charge in [-0.3, -0.25) is 0 Å². The van der Waals surface area contributed by atoms with Gasteiger partial charge in [0.1, 0.15) is 17.8 Å². The Morgan fingerprint density at radius 1 is 1.22 bits per heavy atom. The van der Waals surface area contributed by atoms with E-state index in [1.807, 2.05) is 30.3 Å². The highest BCUT2D eigenvalue weighted by Gasteiger charge is 2.19. The summed E-state index contributed by atoms with van der Waals surface area (Å²) in [6.45, 7) is 8.11. The molecule has 0 fully saturated rings. The van der Waals surface area contributed by atoms with Crippen LogP contribution in [0.4, 0.5) is 5.82 Å². The van der Waals surface area contributed by atoms with Gasteiger partial charge in [-0.25, -0.2) is 15.0 Å². The second-order valence-electron chi connectivity index (χ2n) is 8.45. The maximum atomic E-state index is 6.11. The van der Waals surface area contributed by atoms with Gasteiger partial charge in [0.15, 0.2) is 22.1 Å². The number of nitrogen functional groups attached to an aromatic ring is 1. The molecule has 0 spiro atoms. The number of hydrogen-bond acceptors (Lipinski definition) is 8. The maximum absolute atomic E-state index is 6.11. The van der Waals surface area contributed by atoms with Crippen molar-refractivity contribution in [2.75, 3.05) is 19.4 Å². The van der Waals surface area contributed by atoms with E-state index >= 15 is 0 Å². The topological polar surface area (TPSA) is 104 Å². The van der Waals surface area contributed by atoms with Gasteiger partial charge in [0.2, 0.25) is 0 Å². The number of nitrogens with zero attached hydrogens (tertiary/aromatic N) is 4. The van der Waals surface area contributed by atoms with Crippen LogP contribution in [0.3, 0.4) is 0 Å². The average molecular weight is 453 g/mol. The molecular weight excluding hydrogens is 424 g/mol. The second kappa shape index (κ2) is 9.22. The molecule has 168 valence electrons. The third kappa shape index (κ3) is 4.89. The summed E-state index contributed by atoms with van der Waals surface area (Å²) in [5, 5.41) is 4.32. The predicted octanol–water partition coefficient (Wildman–Crippen LogP) is 4.61. The molecule has 3 N–H and O–H groups in total. The monoisotopic (exact) mass is 452 g/mol. The highest BCUT2D eigenvalue weighted by atomic mass is 32.2. The molecule has 1 aromatic carbocycles. The van der Waals surface area contributed by atoms with Gasteiger partial charge in [0.05, 0.1) is 13.4 Å². The molecule has 0 radical (unpaired) electrons. The van der Waals surface area contributed by atoms with Crippen LogP contribution in [-0.2, 0) is 6.54 Å². The average Bonchev–Trinajstić information content (AvgIpc) is 3.40. The largest absolute Gasteiger partial charge is 0.497 e. The summed E-state index contributed by atoms with van der Waals surface area (Å²) in [6.07, 6.45) is 4.07. The molecule has 0 unspecified atom stereocenters. The van der Waals surface area contributed by atoms with Crippen LogP contribution in [-0.4, -0.2) is 38.7 Å². The summed E-state index contributed by atoms with van der Waals surface area (Å²) in [4.78, 5) is 14.4. The fourth-order valence-electron chi connectivity index (χ4n) is 3.36. The molecule has 32 heavy (non-hydrogen) atoms. The van der Waals surface area contributed by atoms with Gasteiger partial charge in [0, 0.05) is 22.5 Å². The SMILES string of the molecule is COc1ccc(-c2ccco2)c(Sc2nc3c(N)ncnc3n2CCCNC(C)(C)C)c1. The number of anilines is 1. The first-order valence-electron chi connectivity index (χ1n) is 10.5. The van der Waals surface area contributed by atoms with Crippen LogP contribution in [0.5, 0.6) is 5.75 Å². The lowest BCUT2D eigenvalue weighted by atomic mass is 10.1. The van der Waals surface area contributed by atoms with Crippen molar-refractivity contribution in [3.63, 3.8) is 0 Å². The Hall–Kier alpha value is -3.04. The van der Waals surface area contributed by atoms with Crippen molar-refractivity contribution in [3.8, 4) is 17.1 Å². The van der Waals surface area contributed by atoms with Crippen molar-refractivity contribution in [2.24, 2.45) is 0 Å². The van der Waals surface area contributed by atoms with Crippen molar-refractivity contribution >= 4 is 28.7 Å². The molecule has 4 aromatic rings. The third-order valence-corrected chi connectivity index (χ3v) is 5.97. The summed E-state index contributed by atoms with van der Waals surface area (Å²) >= 11 is 1.53. The molecule has 0 amide bonds. The second-order valence-corrected chi connectivity index (χ2v) is 9.46. The van der Waals surface area contributed by atoms with Crippen LogP contribution in [0.25, 0.3) is 22.5 Å². The van der Waals surface area contributed by atoms with Gasteiger partial charge in [0.25, 0.3) is 0 Å². The zero-order chi connectivity index (χ0) is 22.7. The highest BCUT2D eigenvalue weighted by Crippen LogP contribution is 2.39. The number of methoxy groups -OCH3 is 1. The standard InChI is InChI=1S/C23H28N6O2S/c1-23(2,3)27-10-6-11-29-21-19(20(24)25-14-26-21)28-22(29)32-18-13-15(30-4)8-9-16(18)17-7-5-12-31-17/h5,7-9,12-14,27H,6,10-11H2,1-4H3,(H2,24,25,26). The molecule has 9 heteroatoms. The molecule has 4 rings (SSSR count). The summed E-state index contributed by atoms with van der Waals surface area (Å²) in [7, 11) is 1.66. The van der Waals surface area contributed by atoms with Gasteiger partial charge >= 0.3 is 0 Å². The Labute approximate surface area is 191 Å². The first kappa shape index (κ1) is 22.2. The number of aryl methyl sites for hydroxylation is 1. The Bertz CT molecular complexity index is 1200. The van der Waals surface area contributed by atoms with Gasteiger partial charge in [-0.15, -0.1) is 0 Å². The number of aromatic nitrogens is 4. The van der Waals surface area contributed by atoms with Crippen molar-refractivity contribution in [1.82, 2.24) is 24.8 Å². The number of benzene rings is 1. The van der Waals surface area contributed by atoms with Crippen LogP contribution in [0, 0.1) is 0 Å².